The number of carbonyl (C=O) groups is 3. The third kappa shape index (κ3) is 5.70. The van der Waals surface area contributed by atoms with Crippen LogP contribution in [0, 0.1) is 13.8 Å². The molecule has 1 fully saturated rings. The van der Waals surface area contributed by atoms with Gasteiger partial charge < -0.3 is 20.7 Å². The largest absolute Gasteiger partial charge is 0.457 e. The minimum absolute atomic E-state index is 0.175. The van der Waals surface area contributed by atoms with E-state index in [-0.39, 0.29) is 29.9 Å². The maximum absolute atomic E-state index is 13.6. The third-order valence-corrected chi connectivity index (χ3v) is 7.49. The fourth-order valence-corrected chi connectivity index (χ4v) is 5.41. The van der Waals surface area contributed by atoms with Gasteiger partial charge in [0.15, 0.2) is 0 Å². The number of aryl methyl sites for hydroxylation is 2. The smallest absolute Gasteiger partial charge is 0.331 e. The summed E-state index contributed by atoms with van der Waals surface area (Å²) in [6.07, 6.45) is 5.28. The molecule has 2 heterocycles. The van der Waals surface area contributed by atoms with Gasteiger partial charge in [-0.2, -0.15) is 0 Å². The molecule has 1 unspecified atom stereocenters. The van der Waals surface area contributed by atoms with Crippen molar-refractivity contribution in [2.45, 2.75) is 52.1 Å². The Labute approximate surface area is 239 Å². The minimum atomic E-state index is -0.387. The van der Waals surface area contributed by atoms with E-state index >= 15 is 0 Å². The van der Waals surface area contributed by atoms with Gasteiger partial charge in [0.05, 0.1) is 17.1 Å². The topological polar surface area (TPSA) is 113 Å². The zero-order chi connectivity index (χ0) is 29.1. The third-order valence-electron chi connectivity index (χ3n) is 7.49. The van der Waals surface area contributed by atoms with E-state index in [0.717, 1.165) is 30.6 Å². The highest BCUT2D eigenvalue weighted by molar-refractivity contribution is 6.14. The molecule has 5 rings (SSSR count). The highest BCUT2D eigenvalue weighted by Gasteiger charge is 2.34. The zero-order valence-corrected chi connectivity index (χ0v) is 23.4. The molecular weight excluding hydrogens is 518 g/mol. The predicted octanol–water partition coefficient (Wildman–Crippen LogP) is 5.42. The van der Waals surface area contributed by atoms with Crippen molar-refractivity contribution in [2.75, 3.05) is 4.90 Å². The molecule has 1 saturated carbocycles. The van der Waals surface area contributed by atoms with E-state index in [0.29, 0.717) is 39.7 Å². The van der Waals surface area contributed by atoms with Gasteiger partial charge >= 0.3 is 6.03 Å². The van der Waals surface area contributed by atoms with Gasteiger partial charge in [0.1, 0.15) is 11.5 Å². The van der Waals surface area contributed by atoms with Gasteiger partial charge in [-0.15, -0.1) is 0 Å². The Kier molecular flexibility index (Phi) is 7.87. The molecule has 2 atom stereocenters. The van der Waals surface area contributed by atoms with Crippen LogP contribution in [0.4, 0.5) is 16.2 Å². The van der Waals surface area contributed by atoms with Crippen molar-refractivity contribution in [1.29, 1.82) is 0 Å². The number of nitrogens with one attached hydrogen (secondary N) is 3. The lowest BCUT2D eigenvalue weighted by atomic mass is 9.99. The molecule has 9 heteroatoms. The predicted molar refractivity (Wildman–Crippen MR) is 158 cm³/mol. The number of benzene rings is 2. The van der Waals surface area contributed by atoms with Crippen LogP contribution in [0.5, 0.6) is 11.5 Å². The van der Waals surface area contributed by atoms with Crippen molar-refractivity contribution in [3.8, 4) is 11.5 Å². The van der Waals surface area contributed by atoms with Gasteiger partial charge in [-0.3, -0.25) is 19.5 Å². The Morgan fingerprint density at radius 1 is 1.02 bits per heavy atom. The summed E-state index contributed by atoms with van der Waals surface area (Å²) in [6, 6.07) is 16.0. The normalized spacial score (nSPS) is 19.1. The molecule has 2 aliphatic rings. The molecule has 3 N–H and O–H groups in total. The fourth-order valence-electron chi connectivity index (χ4n) is 5.41. The molecule has 1 aromatic heterocycles. The molecule has 3 aromatic rings. The highest BCUT2D eigenvalue weighted by Crippen LogP contribution is 2.40. The SMILES string of the molecule is C=CC(=O)NC1CCC[C@H]1NC(=O)/C(C)=C1\NC(=O)N(c2ccc(Oc3ccccc3)cc2C)c2ccnc(C)c21. The summed E-state index contributed by atoms with van der Waals surface area (Å²) in [5.74, 6) is 0.796. The van der Waals surface area contributed by atoms with Gasteiger partial charge in [0.25, 0.3) is 0 Å². The van der Waals surface area contributed by atoms with Crippen LogP contribution in [0.2, 0.25) is 0 Å². The quantitative estimate of drug-likeness (QED) is 0.339. The molecule has 1 aliphatic heterocycles. The standard InChI is InChI=1S/C32H33N5O4/c1-5-28(38)34-24-12-9-13-25(24)35-31(39)20(3)30-29-21(4)33-17-16-27(29)37(32(40)36-30)26-15-14-23(18-19(26)2)41-22-10-7-6-8-11-22/h5-8,10-11,14-18,24-25H,1,9,12-13H2,2-4H3,(H,34,38)(H,35,39)(H,36,40)/b30-20-/t24?,25-/m1/s1. The first-order valence-electron chi connectivity index (χ1n) is 13.6. The lowest BCUT2D eigenvalue weighted by Crippen LogP contribution is -2.49. The summed E-state index contributed by atoms with van der Waals surface area (Å²) in [5.41, 5.74) is 4.27. The van der Waals surface area contributed by atoms with Gasteiger partial charge in [-0.1, -0.05) is 24.8 Å². The molecule has 0 bridgehead atoms. The number of pyridine rings is 1. The van der Waals surface area contributed by atoms with Crippen molar-refractivity contribution in [1.82, 2.24) is 20.9 Å². The van der Waals surface area contributed by atoms with E-state index in [1.54, 1.807) is 24.1 Å². The van der Waals surface area contributed by atoms with Crippen LogP contribution in [0.15, 0.2) is 79.0 Å². The number of aromatic nitrogens is 1. The van der Waals surface area contributed by atoms with Crippen molar-refractivity contribution >= 4 is 34.9 Å². The number of nitrogens with zero attached hydrogens (tertiary/aromatic N) is 2. The van der Waals surface area contributed by atoms with Crippen molar-refractivity contribution < 1.29 is 19.1 Å². The number of fused-ring (bicyclic) bond motifs is 1. The van der Waals surface area contributed by atoms with Crippen molar-refractivity contribution in [3.05, 3.63) is 95.8 Å². The molecule has 9 nitrogen and oxygen atoms in total. The number of ether oxygens (including phenoxy) is 1. The van der Waals surface area contributed by atoms with Gasteiger partial charge in [-0.25, -0.2) is 4.79 Å². The Hall–Kier alpha value is -4.92. The van der Waals surface area contributed by atoms with Gasteiger partial charge in [-0.05, 0) is 88.1 Å². The van der Waals surface area contributed by atoms with E-state index < -0.39 is 0 Å². The first-order valence-corrected chi connectivity index (χ1v) is 13.6. The highest BCUT2D eigenvalue weighted by atomic mass is 16.5. The molecule has 0 radical (unpaired) electrons. The monoisotopic (exact) mass is 551 g/mol. The Balaban J connectivity index is 1.45. The van der Waals surface area contributed by atoms with Crippen LogP contribution in [-0.2, 0) is 9.59 Å². The fraction of sp³-hybridized carbons (Fsp3) is 0.250. The van der Waals surface area contributed by atoms with Gasteiger partial charge in [0, 0.05) is 35.1 Å². The molecule has 210 valence electrons. The molecule has 0 saturated heterocycles. The molecule has 2 aromatic carbocycles. The number of urea groups is 1. The summed E-state index contributed by atoms with van der Waals surface area (Å²) in [7, 11) is 0. The summed E-state index contributed by atoms with van der Waals surface area (Å²) >= 11 is 0. The number of para-hydroxylation sites is 1. The summed E-state index contributed by atoms with van der Waals surface area (Å²) < 4.78 is 5.97. The molecule has 41 heavy (non-hydrogen) atoms. The second-order valence-electron chi connectivity index (χ2n) is 10.2. The average molecular weight is 552 g/mol. The molecular formula is C32H33N5O4. The first kappa shape index (κ1) is 27.6. The van der Waals surface area contributed by atoms with Crippen LogP contribution in [0.1, 0.15) is 43.0 Å². The number of rotatable bonds is 7. The number of hydrogen-bond acceptors (Lipinski definition) is 5. The first-order chi connectivity index (χ1) is 19.8. The lowest BCUT2D eigenvalue weighted by Gasteiger charge is -2.34. The van der Waals surface area contributed by atoms with Crippen LogP contribution in [0.3, 0.4) is 0 Å². The van der Waals surface area contributed by atoms with E-state index in [2.05, 4.69) is 27.5 Å². The molecule has 1 aliphatic carbocycles. The average Bonchev–Trinajstić information content (AvgIpc) is 3.39. The van der Waals surface area contributed by atoms with Crippen LogP contribution >= 0.6 is 0 Å². The second kappa shape index (κ2) is 11.7. The maximum Gasteiger partial charge on any atom is 0.331 e. The Bertz CT molecular complexity index is 1550. The van der Waals surface area contributed by atoms with Crippen molar-refractivity contribution in [3.63, 3.8) is 0 Å². The molecule has 4 amide bonds. The number of carbonyl (C=O) groups excluding carboxylic acids is 3. The minimum Gasteiger partial charge on any atom is -0.457 e. The summed E-state index contributed by atoms with van der Waals surface area (Å²) in [5, 5.41) is 8.90. The molecule has 0 spiro atoms. The lowest BCUT2D eigenvalue weighted by molar-refractivity contribution is -0.120. The summed E-state index contributed by atoms with van der Waals surface area (Å²) in [6.45, 7) is 8.96. The van der Waals surface area contributed by atoms with E-state index in [1.165, 1.54) is 6.08 Å². The van der Waals surface area contributed by atoms with Crippen LogP contribution < -0.4 is 25.6 Å². The number of hydrogen-bond donors (Lipinski definition) is 3. The van der Waals surface area contributed by atoms with Crippen LogP contribution in [-0.4, -0.2) is 34.9 Å². The van der Waals surface area contributed by atoms with E-state index in [4.69, 9.17) is 4.74 Å². The maximum atomic E-state index is 13.6. The van der Waals surface area contributed by atoms with E-state index in [1.807, 2.05) is 62.4 Å². The number of amides is 4. The van der Waals surface area contributed by atoms with Crippen molar-refractivity contribution in [2.24, 2.45) is 0 Å². The van der Waals surface area contributed by atoms with Crippen LogP contribution in [0.25, 0.3) is 5.70 Å². The summed E-state index contributed by atoms with van der Waals surface area (Å²) in [4.78, 5) is 44.9. The second-order valence-corrected chi connectivity index (χ2v) is 10.2. The Morgan fingerprint density at radius 3 is 2.46 bits per heavy atom. The zero-order valence-electron chi connectivity index (χ0n) is 23.4. The Morgan fingerprint density at radius 2 is 1.76 bits per heavy atom. The van der Waals surface area contributed by atoms with Gasteiger partial charge in [0.2, 0.25) is 11.8 Å². The van der Waals surface area contributed by atoms with E-state index in [9.17, 15) is 14.4 Å². The number of anilines is 2.